The second-order valence-corrected chi connectivity index (χ2v) is 6.13. The number of halogens is 2. The monoisotopic (exact) mass is 360 g/mol. The fourth-order valence-corrected chi connectivity index (χ4v) is 1.73. The van der Waals surface area contributed by atoms with Crippen LogP contribution in [-0.4, -0.2) is 16.6 Å². The van der Waals surface area contributed by atoms with Gasteiger partial charge in [0, 0.05) is 12.1 Å². The summed E-state index contributed by atoms with van der Waals surface area (Å²) >= 11 is 9.39. The summed E-state index contributed by atoms with van der Waals surface area (Å²) in [5.41, 5.74) is 1.09. The molecule has 0 fully saturated rings. The van der Waals surface area contributed by atoms with Crippen molar-refractivity contribution in [2.45, 2.75) is 32.0 Å². The largest absolute Gasteiger partial charge is 0.326 e. The molecule has 0 radical (unpaired) electrons. The van der Waals surface area contributed by atoms with Crippen molar-refractivity contribution in [1.82, 2.24) is 0 Å². The summed E-state index contributed by atoms with van der Waals surface area (Å²) < 4.78 is 0. The fraction of sp³-hybridized carbons (Fsp3) is 0.429. The van der Waals surface area contributed by atoms with E-state index in [0.29, 0.717) is 22.8 Å². The van der Waals surface area contributed by atoms with E-state index in [1.807, 2.05) is 13.8 Å². The van der Waals surface area contributed by atoms with Crippen molar-refractivity contribution < 1.29 is 9.59 Å². The highest BCUT2D eigenvalue weighted by atomic mass is 79.9. The number of nitrogens with one attached hydrogen (secondary N) is 2. The van der Waals surface area contributed by atoms with Crippen LogP contribution < -0.4 is 10.6 Å². The molecule has 1 aromatic carbocycles. The molecular formula is C14H18BrClN2O2. The Morgan fingerprint density at radius 3 is 2.50 bits per heavy atom. The van der Waals surface area contributed by atoms with E-state index in [0.717, 1.165) is 0 Å². The van der Waals surface area contributed by atoms with Gasteiger partial charge in [0.1, 0.15) is 0 Å². The minimum atomic E-state index is -0.299. The van der Waals surface area contributed by atoms with Gasteiger partial charge in [-0.05, 0) is 24.1 Å². The average Bonchev–Trinajstić information content (AvgIpc) is 2.41. The SMILES string of the molecule is CCC(=O)Nc1ccc(Cl)c(NC(=O)C(Br)C(C)C)c1. The Morgan fingerprint density at radius 2 is 1.95 bits per heavy atom. The number of carbonyl (C=O) groups is 2. The predicted octanol–water partition coefficient (Wildman–Crippen LogP) is 4.05. The quantitative estimate of drug-likeness (QED) is 0.777. The van der Waals surface area contributed by atoms with Crippen LogP contribution in [0.4, 0.5) is 11.4 Å². The molecule has 0 aromatic heterocycles. The molecule has 0 aliphatic heterocycles. The third kappa shape index (κ3) is 4.80. The van der Waals surface area contributed by atoms with E-state index in [-0.39, 0.29) is 22.6 Å². The number of benzene rings is 1. The van der Waals surface area contributed by atoms with Crippen LogP contribution in [0.5, 0.6) is 0 Å². The first-order chi connectivity index (χ1) is 9.35. The molecule has 0 bridgehead atoms. The van der Waals surface area contributed by atoms with E-state index in [1.54, 1.807) is 25.1 Å². The van der Waals surface area contributed by atoms with Gasteiger partial charge in [0.2, 0.25) is 11.8 Å². The van der Waals surface area contributed by atoms with Crippen molar-refractivity contribution in [2.24, 2.45) is 5.92 Å². The zero-order chi connectivity index (χ0) is 15.3. The molecule has 0 aliphatic carbocycles. The molecule has 0 aliphatic rings. The van der Waals surface area contributed by atoms with Gasteiger partial charge in [-0.2, -0.15) is 0 Å². The van der Waals surface area contributed by atoms with Crippen molar-refractivity contribution in [3.05, 3.63) is 23.2 Å². The molecule has 2 amide bonds. The molecule has 0 saturated carbocycles. The molecule has 1 rings (SSSR count). The van der Waals surface area contributed by atoms with Crippen LogP contribution in [0.2, 0.25) is 5.02 Å². The van der Waals surface area contributed by atoms with Crippen LogP contribution in [0, 0.1) is 5.92 Å². The first kappa shape index (κ1) is 17.0. The van der Waals surface area contributed by atoms with Crippen molar-refractivity contribution in [1.29, 1.82) is 0 Å². The van der Waals surface area contributed by atoms with Crippen molar-refractivity contribution >= 4 is 50.7 Å². The lowest BCUT2D eigenvalue weighted by atomic mass is 10.1. The normalized spacial score (nSPS) is 12.1. The number of hydrogen-bond acceptors (Lipinski definition) is 2. The van der Waals surface area contributed by atoms with Gasteiger partial charge in [-0.15, -0.1) is 0 Å². The van der Waals surface area contributed by atoms with Crippen LogP contribution >= 0.6 is 27.5 Å². The Bertz CT molecular complexity index is 506. The number of amides is 2. The van der Waals surface area contributed by atoms with Crippen molar-refractivity contribution in [3.8, 4) is 0 Å². The maximum absolute atomic E-state index is 12.0. The summed E-state index contributed by atoms with van der Waals surface area (Å²) in [7, 11) is 0. The van der Waals surface area contributed by atoms with Crippen LogP contribution in [0.1, 0.15) is 27.2 Å². The molecule has 6 heteroatoms. The summed E-state index contributed by atoms with van der Waals surface area (Å²) in [5, 5.41) is 5.90. The van der Waals surface area contributed by atoms with Gasteiger partial charge in [0.05, 0.1) is 15.5 Å². The summed E-state index contributed by atoms with van der Waals surface area (Å²) in [6, 6.07) is 4.98. The second kappa shape index (κ2) is 7.64. The molecular weight excluding hydrogens is 344 g/mol. The third-order valence-electron chi connectivity index (χ3n) is 2.66. The molecule has 4 nitrogen and oxygen atoms in total. The number of rotatable bonds is 5. The van der Waals surface area contributed by atoms with Gasteiger partial charge in [0.25, 0.3) is 0 Å². The third-order valence-corrected chi connectivity index (χ3v) is 4.47. The van der Waals surface area contributed by atoms with Crippen molar-refractivity contribution in [3.63, 3.8) is 0 Å². The van der Waals surface area contributed by atoms with E-state index in [1.165, 1.54) is 0 Å². The van der Waals surface area contributed by atoms with Crippen LogP contribution in [0.15, 0.2) is 18.2 Å². The van der Waals surface area contributed by atoms with E-state index < -0.39 is 0 Å². The van der Waals surface area contributed by atoms with E-state index in [2.05, 4.69) is 26.6 Å². The standard InChI is InChI=1S/C14H18BrClN2O2/c1-4-12(19)17-9-5-6-10(16)11(7-9)18-14(20)13(15)8(2)3/h5-8,13H,4H2,1-3H3,(H,17,19)(H,18,20). The highest BCUT2D eigenvalue weighted by molar-refractivity contribution is 9.10. The summed E-state index contributed by atoms with van der Waals surface area (Å²) in [6.07, 6.45) is 0.390. The lowest BCUT2D eigenvalue weighted by molar-refractivity contribution is -0.116. The Morgan fingerprint density at radius 1 is 1.30 bits per heavy atom. The Labute approximate surface area is 132 Å². The topological polar surface area (TPSA) is 58.2 Å². The summed E-state index contributed by atoms with van der Waals surface area (Å²) in [5.74, 6) is -0.0947. The Kier molecular flexibility index (Phi) is 6.49. The minimum absolute atomic E-state index is 0.0925. The molecule has 1 atom stereocenters. The van der Waals surface area contributed by atoms with Gasteiger partial charge in [-0.3, -0.25) is 9.59 Å². The average molecular weight is 362 g/mol. The van der Waals surface area contributed by atoms with Gasteiger partial charge >= 0.3 is 0 Å². The number of anilines is 2. The molecule has 1 unspecified atom stereocenters. The molecule has 110 valence electrons. The fourth-order valence-electron chi connectivity index (χ4n) is 1.45. The first-order valence-electron chi connectivity index (χ1n) is 6.39. The molecule has 0 heterocycles. The summed E-state index contributed by atoms with van der Waals surface area (Å²) in [4.78, 5) is 23.1. The highest BCUT2D eigenvalue weighted by Crippen LogP contribution is 2.27. The number of hydrogen-bond donors (Lipinski definition) is 2. The van der Waals surface area contributed by atoms with Crippen LogP contribution in [0.25, 0.3) is 0 Å². The van der Waals surface area contributed by atoms with Gasteiger partial charge in [0.15, 0.2) is 0 Å². The molecule has 20 heavy (non-hydrogen) atoms. The lowest BCUT2D eigenvalue weighted by Crippen LogP contribution is -2.27. The predicted molar refractivity (Wildman–Crippen MR) is 86.6 cm³/mol. The van der Waals surface area contributed by atoms with Gasteiger partial charge in [-0.1, -0.05) is 48.3 Å². The summed E-state index contributed by atoms with van der Waals surface area (Å²) in [6.45, 7) is 5.66. The van der Waals surface area contributed by atoms with Crippen LogP contribution in [-0.2, 0) is 9.59 Å². The van der Waals surface area contributed by atoms with Crippen LogP contribution in [0.3, 0.4) is 0 Å². The number of alkyl halides is 1. The smallest absolute Gasteiger partial charge is 0.238 e. The first-order valence-corrected chi connectivity index (χ1v) is 7.68. The van der Waals surface area contributed by atoms with E-state index >= 15 is 0 Å². The second-order valence-electron chi connectivity index (χ2n) is 4.73. The Hall–Kier alpha value is -1.07. The maximum Gasteiger partial charge on any atom is 0.238 e. The Balaban J connectivity index is 2.86. The minimum Gasteiger partial charge on any atom is -0.326 e. The zero-order valence-electron chi connectivity index (χ0n) is 11.7. The lowest BCUT2D eigenvalue weighted by Gasteiger charge is -2.15. The highest BCUT2D eigenvalue weighted by Gasteiger charge is 2.19. The molecule has 0 spiro atoms. The van der Waals surface area contributed by atoms with Gasteiger partial charge < -0.3 is 10.6 Å². The van der Waals surface area contributed by atoms with E-state index in [4.69, 9.17) is 11.6 Å². The van der Waals surface area contributed by atoms with E-state index in [9.17, 15) is 9.59 Å². The zero-order valence-corrected chi connectivity index (χ0v) is 14.0. The van der Waals surface area contributed by atoms with Crippen molar-refractivity contribution in [2.75, 3.05) is 10.6 Å². The number of carbonyl (C=O) groups excluding carboxylic acids is 2. The molecule has 0 saturated heterocycles. The maximum atomic E-state index is 12.0. The molecule has 1 aromatic rings. The van der Waals surface area contributed by atoms with Gasteiger partial charge in [-0.25, -0.2) is 0 Å². The molecule has 2 N–H and O–H groups in total.